The molecule has 2 rings (SSSR count). The summed E-state index contributed by atoms with van der Waals surface area (Å²) in [4.78, 5) is 19.3. The van der Waals surface area contributed by atoms with Crippen LogP contribution in [0.5, 0.6) is 0 Å². The Kier molecular flexibility index (Phi) is 3.39. The number of pyridine rings is 1. The Hall–Kier alpha value is -1.47. The van der Waals surface area contributed by atoms with E-state index in [0.717, 1.165) is 4.47 Å². The zero-order chi connectivity index (χ0) is 12.4. The predicted molar refractivity (Wildman–Crippen MR) is 63.6 cm³/mol. The standard InChI is InChI=1S/C10H10BrN3O3/c1-17-5-8-13-7-2-6(11)3-12-10(7)14(8)4-9(15)16/h2-3H,4-5H2,1H3,(H,15,16). The monoisotopic (exact) mass is 299 g/mol. The average Bonchev–Trinajstić information content (AvgIpc) is 2.56. The molecule has 1 N–H and O–H groups in total. The van der Waals surface area contributed by atoms with Crippen molar-refractivity contribution in [2.24, 2.45) is 0 Å². The van der Waals surface area contributed by atoms with Crippen molar-refractivity contribution in [1.29, 1.82) is 0 Å². The molecule has 0 aliphatic carbocycles. The molecule has 0 aliphatic rings. The van der Waals surface area contributed by atoms with Gasteiger partial charge >= 0.3 is 5.97 Å². The smallest absolute Gasteiger partial charge is 0.323 e. The van der Waals surface area contributed by atoms with E-state index in [1.54, 1.807) is 12.3 Å². The minimum Gasteiger partial charge on any atom is -0.480 e. The van der Waals surface area contributed by atoms with Crippen molar-refractivity contribution in [2.45, 2.75) is 13.2 Å². The molecule has 0 spiro atoms. The Labute approximate surface area is 105 Å². The first-order chi connectivity index (χ1) is 8.11. The van der Waals surface area contributed by atoms with Crippen LogP contribution >= 0.6 is 15.9 Å². The predicted octanol–water partition coefficient (Wildman–Crippen LogP) is 1.42. The number of carboxylic acid groups (broad SMARTS) is 1. The van der Waals surface area contributed by atoms with Gasteiger partial charge in [-0.2, -0.15) is 0 Å². The molecule has 6 nitrogen and oxygen atoms in total. The normalized spacial score (nSPS) is 10.9. The van der Waals surface area contributed by atoms with Gasteiger partial charge in [-0.25, -0.2) is 9.97 Å². The van der Waals surface area contributed by atoms with Crippen LogP contribution in [0, 0.1) is 0 Å². The Morgan fingerprint density at radius 3 is 3.06 bits per heavy atom. The minimum absolute atomic E-state index is 0.177. The van der Waals surface area contributed by atoms with Gasteiger partial charge in [0.1, 0.15) is 24.5 Å². The molecule has 0 bridgehead atoms. The first-order valence-electron chi connectivity index (χ1n) is 4.83. The molecule has 0 atom stereocenters. The molecule has 0 saturated carbocycles. The van der Waals surface area contributed by atoms with Gasteiger partial charge in [0, 0.05) is 17.8 Å². The lowest BCUT2D eigenvalue weighted by molar-refractivity contribution is -0.137. The van der Waals surface area contributed by atoms with Gasteiger partial charge in [-0.1, -0.05) is 0 Å². The van der Waals surface area contributed by atoms with Crippen LogP contribution in [0.15, 0.2) is 16.7 Å². The second kappa shape index (κ2) is 4.80. The maximum Gasteiger partial charge on any atom is 0.323 e. The van der Waals surface area contributed by atoms with Gasteiger partial charge in [0.05, 0.1) is 0 Å². The van der Waals surface area contributed by atoms with E-state index in [1.165, 1.54) is 11.7 Å². The van der Waals surface area contributed by atoms with E-state index in [1.807, 2.05) is 0 Å². The van der Waals surface area contributed by atoms with Crippen molar-refractivity contribution in [3.05, 3.63) is 22.6 Å². The van der Waals surface area contributed by atoms with Crippen molar-refractivity contribution < 1.29 is 14.6 Å². The number of fused-ring (bicyclic) bond motifs is 1. The molecule has 0 aliphatic heterocycles. The van der Waals surface area contributed by atoms with Crippen LogP contribution in [0.2, 0.25) is 0 Å². The Balaban J connectivity index is 2.57. The molecule has 2 aromatic heterocycles. The maximum atomic E-state index is 10.8. The third-order valence-corrected chi connectivity index (χ3v) is 2.63. The van der Waals surface area contributed by atoms with Gasteiger partial charge in [0.25, 0.3) is 0 Å². The lowest BCUT2D eigenvalue weighted by atomic mass is 10.4. The molecule has 0 amide bonds. The number of methoxy groups -OCH3 is 1. The highest BCUT2D eigenvalue weighted by Gasteiger charge is 2.14. The summed E-state index contributed by atoms with van der Waals surface area (Å²) in [7, 11) is 1.54. The second-order valence-electron chi connectivity index (χ2n) is 3.44. The van der Waals surface area contributed by atoms with Gasteiger partial charge in [-0.15, -0.1) is 0 Å². The highest BCUT2D eigenvalue weighted by Crippen LogP contribution is 2.18. The third kappa shape index (κ3) is 2.45. The van der Waals surface area contributed by atoms with E-state index >= 15 is 0 Å². The number of ether oxygens (including phenoxy) is 1. The summed E-state index contributed by atoms with van der Waals surface area (Å²) >= 11 is 3.30. The largest absolute Gasteiger partial charge is 0.480 e. The van der Waals surface area contributed by atoms with Crippen molar-refractivity contribution in [3.8, 4) is 0 Å². The molecule has 17 heavy (non-hydrogen) atoms. The number of hydrogen-bond acceptors (Lipinski definition) is 4. The van der Waals surface area contributed by atoms with Crippen molar-refractivity contribution in [1.82, 2.24) is 14.5 Å². The fraction of sp³-hybridized carbons (Fsp3) is 0.300. The molecule has 0 radical (unpaired) electrons. The summed E-state index contributed by atoms with van der Waals surface area (Å²) in [5.74, 6) is -0.387. The van der Waals surface area contributed by atoms with Gasteiger partial charge in [0.15, 0.2) is 5.65 Å². The van der Waals surface area contributed by atoms with Gasteiger partial charge < -0.3 is 9.84 Å². The second-order valence-corrected chi connectivity index (χ2v) is 4.35. The van der Waals surface area contributed by atoms with Gasteiger partial charge in [-0.3, -0.25) is 9.36 Å². The van der Waals surface area contributed by atoms with E-state index in [4.69, 9.17) is 9.84 Å². The van der Waals surface area contributed by atoms with Crippen LogP contribution in [0.4, 0.5) is 0 Å². The van der Waals surface area contributed by atoms with E-state index in [2.05, 4.69) is 25.9 Å². The lowest BCUT2D eigenvalue weighted by Crippen LogP contribution is -2.12. The summed E-state index contributed by atoms with van der Waals surface area (Å²) in [5, 5.41) is 8.87. The van der Waals surface area contributed by atoms with E-state index in [-0.39, 0.29) is 13.2 Å². The minimum atomic E-state index is -0.939. The van der Waals surface area contributed by atoms with Crippen molar-refractivity contribution >= 4 is 33.1 Å². The Morgan fingerprint density at radius 1 is 1.65 bits per heavy atom. The molecule has 0 aromatic carbocycles. The molecule has 2 aromatic rings. The zero-order valence-corrected chi connectivity index (χ0v) is 10.6. The highest BCUT2D eigenvalue weighted by atomic mass is 79.9. The molecule has 0 fully saturated rings. The maximum absolute atomic E-state index is 10.8. The van der Waals surface area contributed by atoms with Crippen LogP contribution in [-0.4, -0.2) is 32.7 Å². The lowest BCUT2D eigenvalue weighted by Gasteiger charge is -2.04. The topological polar surface area (TPSA) is 77.2 Å². The first-order valence-corrected chi connectivity index (χ1v) is 5.62. The number of carboxylic acids is 1. The Bertz CT molecular complexity index is 567. The van der Waals surface area contributed by atoms with Crippen molar-refractivity contribution in [2.75, 3.05) is 7.11 Å². The summed E-state index contributed by atoms with van der Waals surface area (Å²) in [6.07, 6.45) is 1.61. The van der Waals surface area contributed by atoms with Gasteiger partial charge in [0.2, 0.25) is 0 Å². The van der Waals surface area contributed by atoms with Crippen LogP contribution < -0.4 is 0 Å². The van der Waals surface area contributed by atoms with Crippen LogP contribution in [0.1, 0.15) is 5.82 Å². The third-order valence-electron chi connectivity index (χ3n) is 2.20. The highest BCUT2D eigenvalue weighted by molar-refractivity contribution is 9.10. The number of aliphatic carboxylic acids is 1. The van der Waals surface area contributed by atoms with Crippen LogP contribution in [0.25, 0.3) is 11.2 Å². The van der Waals surface area contributed by atoms with Crippen LogP contribution in [-0.2, 0) is 22.7 Å². The molecule has 90 valence electrons. The number of carbonyl (C=O) groups is 1. The van der Waals surface area contributed by atoms with Crippen LogP contribution in [0.3, 0.4) is 0 Å². The number of imidazole rings is 1. The van der Waals surface area contributed by atoms with E-state index in [0.29, 0.717) is 17.0 Å². The number of halogens is 1. The molecule has 0 saturated heterocycles. The number of hydrogen-bond donors (Lipinski definition) is 1. The molecule has 7 heteroatoms. The zero-order valence-electron chi connectivity index (χ0n) is 9.05. The molecular formula is C10H10BrN3O3. The summed E-state index contributed by atoms with van der Waals surface area (Å²) in [5.41, 5.74) is 1.19. The van der Waals surface area contributed by atoms with E-state index < -0.39 is 5.97 Å². The SMILES string of the molecule is COCc1nc2cc(Br)cnc2n1CC(=O)O. The molecule has 0 unspecified atom stereocenters. The fourth-order valence-electron chi connectivity index (χ4n) is 1.57. The summed E-state index contributed by atoms with van der Waals surface area (Å²) in [6, 6.07) is 1.79. The summed E-state index contributed by atoms with van der Waals surface area (Å²) < 4.78 is 7.33. The molecule has 2 heterocycles. The number of aromatic nitrogens is 3. The summed E-state index contributed by atoms with van der Waals surface area (Å²) in [6.45, 7) is 0.0745. The number of rotatable bonds is 4. The quantitative estimate of drug-likeness (QED) is 0.924. The molecular weight excluding hydrogens is 290 g/mol. The fourth-order valence-corrected chi connectivity index (χ4v) is 1.89. The number of nitrogens with zero attached hydrogens (tertiary/aromatic N) is 3. The van der Waals surface area contributed by atoms with E-state index in [9.17, 15) is 4.79 Å². The Morgan fingerprint density at radius 2 is 2.41 bits per heavy atom. The van der Waals surface area contributed by atoms with Crippen molar-refractivity contribution in [3.63, 3.8) is 0 Å². The van der Waals surface area contributed by atoms with Gasteiger partial charge in [-0.05, 0) is 22.0 Å². The first kappa shape index (κ1) is 12.0. The average molecular weight is 300 g/mol.